The summed E-state index contributed by atoms with van der Waals surface area (Å²) < 4.78 is 27.9. The first-order chi connectivity index (χ1) is 26.1. The molecule has 60 heavy (non-hydrogen) atoms. The third-order valence-corrected chi connectivity index (χ3v) is 27.1. The first-order valence-electron chi connectivity index (χ1n) is 18.6. The van der Waals surface area contributed by atoms with E-state index in [-0.39, 0.29) is 196 Å². The van der Waals surface area contributed by atoms with Gasteiger partial charge in [0.05, 0.1) is 0 Å². The Hall–Kier alpha value is 0.468. The number of carboxylic acid groups (broad SMARTS) is 4. The molecule has 0 aromatic heterocycles. The largest absolute Gasteiger partial charge is 1.00 e. The second kappa shape index (κ2) is 34.8. The summed E-state index contributed by atoms with van der Waals surface area (Å²) in [5, 5.41) is 84.0. The van der Waals surface area contributed by atoms with Crippen molar-refractivity contribution < 1.29 is 195 Å². The summed E-state index contributed by atoms with van der Waals surface area (Å²) in [7, 11) is -13.0. The van der Waals surface area contributed by atoms with Crippen molar-refractivity contribution in [3.8, 4) is 0 Å². The maximum absolute atomic E-state index is 12.1. The van der Waals surface area contributed by atoms with Crippen molar-refractivity contribution in [2.75, 3.05) is 26.2 Å². The number of carbonyl (C=O) groups is 4. The van der Waals surface area contributed by atoms with Gasteiger partial charge in [0.25, 0.3) is 0 Å². The van der Waals surface area contributed by atoms with E-state index in [2.05, 4.69) is 20.0 Å². The van der Waals surface area contributed by atoms with Crippen molar-refractivity contribution in [2.24, 2.45) is 20.0 Å². The predicted octanol–water partition coefficient (Wildman–Crippen LogP) is -11.6. The Kier molecular flexibility index (Phi) is 38.9. The quantitative estimate of drug-likeness (QED) is 0.0245. The summed E-state index contributed by atoms with van der Waals surface area (Å²) >= 11 is 0. The van der Waals surface area contributed by atoms with Crippen LogP contribution >= 0.6 is 0 Å². The van der Waals surface area contributed by atoms with Gasteiger partial charge < -0.3 is 77.3 Å². The number of carboxylic acids is 4. The standard InChI is InChI=1S/C32H60N4O16Si4.4Na/c1-53(21-5-17-33-25(37)9-13-29(41)42)49-54(2,22-6-18-34-26(38)10-14-30(43)44)51-56(4,24-8-20-36-28(40)12-16-32(47)48)52-55(3,50-53)23-7-19-35-27(39)11-15-31(45)46;;;;/h5-24H2,1-4H3,(H,33,37)(H,34,38)(H,35,39)(H,36,40)(H,41,42)(H,43,44)(H,45,46)(H,47,48);;;;/q;4*+1/p-4. The number of aliphatic imine (C=N–C) groups is 4. The summed E-state index contributed by atoms with van der Waals surface area (Å²) in [6.45, 7) is 7.82. The van der Waals surface area contributed by atoms with Crippen LogP contribution in [0.1, 0.15) is 77.0 Å². The SMILES string of the molecule is C[Si]1(CCCN=C([O-])CCC(=O)O)O[Si](C)(CCCN=C([O-])CCC(=O)O)O[Si](C)(CCCN=C([O-])CCC(=O)O)O[Si](C)(CCCN=C([O-])CCC(=O)O)O1.[Na+].[Na+].[Na+].[Na+]. The molecule has 0 saturated carbocycles. The molecule has 320 valence electrons. The molecule has 0 radical (unpaired) electrons. The fourth-order valence-electron chi connectivity index (χ4n) is 5.91. The average Bonchev–Trinajstić information content (AvgIpc) is 3.08. The Labute approximate surface area is 444 Å². The van der Waals surface area contributed by atoms with Gasteiger partial charge >= 0.3 is 176 Å². The molecule has 0 aliphatic carbocycles. The van der Waals surface area contributed by atoms with Crippen molar-refractivity contribution in [3.05, 3.63) is 0 Å². The minimum Gasteiger partial charge on any atom is -0.862 e. The van der Waals surface area contributed by atoms with Crippen LogP contribution in [0.2, 0.25) is 50.4 Å². The van der Waals surface area contributed by atoms with E-state index in [1.54, 1.807) is 0 Å². The monoisotopic (exact) mass is 956 g/mol. The summed E-state index contributed by atoms with van der Waals surface area (Å²) in [5.41, 5.74) is 0. The average molecular weight is 957 g/mol. The summed E-state index contributed by atoms with van der Waals surface area (Å²) in [5.74, 6) is -6.59. The molecule has 28 heteroatoms. The number of rotatable bonds is 28. The Balaban J connectivity index is -0.00000392. The first-order valence-corrected chi connectivity index (χ1v) is 28.7. The van der Waals surface area contributed by atoms with Crippen LogP contribution in [0.25, 0.3) is 0 Å². The van der Waals surface area contributed by atoms with Gasteiger partial charge in [-0.1, -0.05) is 0 Å². The summed E-state index contributed by atoms with van der Waals surface area (Å²) in [6.07, 6.45) is -0.797. The molecule has 0 aromatic carbocycles. The molecular formula is C32H56N4Na4O16Si4. The van der Waals surface area contributed by atoms with Crippen LogP contribution in [0.3, 0.4) is 0 Å². The van der Waals surface area contributed by atoms with Gasteiger partial charge in [-0.05, 0) is 125 Å². The summed E-state index contributed by atoms with van der Waals surface area (Å²) in [4.78, 5) is 59.4. The van der Waals surface area contributed by atoms with Crippen LogP contribution in [0.5, 0.6) is 0 Å². The third kappa shape index (κ3) is 33.0. The van der Waals surface area contributed by atoms with Crippen molar-refractivity contribution >= 4 is 81.7 Å². The van der Waals surface area contributed by atoms with E-state index in [1.165, 1.54) is 0 Å². The second-order valence-corrected chi connectivity index (χ2v) is 28.4. The normalized spacial score (nSPS) is 23.7. The Morgan fingerprint density at radius 3 is 0.700 bits per heavy atom. The van der Waals surface area contributed by atoms with Crippen molar-refractivity contribution in [3.63, 3.8) is 0 Å². The minimum atomic E-state index is -3.25. The zero-order chi connectivity index (χ0) is 42.4. The number of aliphatic carboxylic acids is 4. The number of hydrogen-bond acceptors (Lipinski definition) is 16. The third-order valence-electron chi connectivity index (χ3n) is 8.25. The van der Waals surface area contributed by atoms with Crippen LogP contribution in [-0.2, 0) is 35.6 Å². The van der Waals surface area contributed by atoms with Crippen LogP contribution in [0, 0.1) is 0 Å². The zero-order valence-corrected chi connectivity index (χ0v) is 48.6. The van der Waals surface area contributed by atoms with Crippen molar-refractivity contribution in [1.29, 1.82) is 0 Å². The minimum absolute atomic E-state index is 0. The Bertz CT molecular complexity index is 1240. The van der Waals surface area contributed by atoms with Gasteiger partial charge in [0.1, 0.15) is 0 Å². The van der Waals surface area contributed by atoms with Gasteiger partial charge in [0.15, 0.2) is 0 Å². The molecule has 4 N–H and O–H groups in total. The van der Waals surface area contributed by atoms with Gasteiger partial charge in [-0.15, -0.1) is 0 Å². The maximum atomic E-state index is 12.1. The van der Waals surface area contributed by atoms with E-state index in [4.69, 9.17) is 36.9 Å². The Morgan fingerprint density at radius 1 is 0.383 bits per heavy atom. The van der Waals surface area contributed by atoms with E-state index in [0.717, 1.165) is 0 Å². The molecular weight excluding hydrogens is 901 g/mol. The first kappa shape index (κ1) is 67.1. The van der Waals surface area contributed by atoms with Gasteiger partial charge in [-0.25, -0.2) is 0 Å². The number of hydrogen-bond donors (Lipinski definition) is 4. The van der Waals surface area contributed by atoms with E-state index in [9.17, 15) is 39.6 Å². The van der Waals surface area contributed by atoms with E-state index in [0.29, 0.717) is 49.9 Å². The number of nitrogens with zero attached hydrogens (tertiary/aromatic N) is 4. The van der Waals surface area contributed by atoms with Crippen LogP contribution in [-0.4, -0.2) is 128 Å². The second-order valence-electron chi connectivity index (χ2n) is 14.0. The van der Waals surface area contributed by atoms with Gasteiger partial charge in [-0.2, -0.15) is 0 Å². The molecule has 0 spiro atoms. The molecule has 20 nitrogen and oxygen atoms in total. The molecule has 1 heterocycles. The molecule has 0 unspecified atom stereocenters. The van der Waals surface area contributed by atoms with E-state index in [1.807, 2.05) is 26.2 Å². The molecule has 0 aromatic rings. The van der Waals surface area contributed by atoms with E-state index < -0.39 is 81.7 Å². The van der Waals surface area contributed by atoms with Crippen LogP contribution < -0.4 is 139 Å². The van der Waals surface area contributed by atoms with Crippen LogP contribution in [0.15, 0.2) is 20.0 Å². The molecule has 1 fully saturated rings. The molecule has 0 bridgehead atoms. The smallest absolute Gasteiger partial charge is 0.862 e. The topological polar surface area (TPSA) is 328 Å². The Morgan fingerprint density at radius 2 is 0.550 bits per heavy atom. The molecule has 1 rings (SSSR count). The fourth-order valence-corrected chi connectivity index (χ4v) is 29.2. The molecule has 0 atom stereocenters. The molecule has 0 amide bonds. The molecule has 1 saturated heterocycles. The maximum Gasteiger partial charge on any atom is 1.00 e. The van der Waals surface area contributed by atoms with Gasteiger partial charge in [0, 0.05) is 51.9 Å². The summed E-state index contributed by atoms with van der Waals surface area (Å²) in [6, 6.07) is 1.41. The van der Waals surface area contributed by atoms with Crippen LogP contribution in [0.4, 0.5) is 0 Å². The molecule has 1 aliphatic rings. The van der Waals surface area contributed by atoms with E-state index >= 15 is 0 Å². The fraction of sp³-hybridized carbons (Fsp3) is 0.750. The van der Waals surface area contributed by atoms with Gasteiger partial charge in [-0.3, -0.25) is 19.2 Å². The predicted molar refractivity (Wildman–Crippen MR) is 205 cm³/mol. The molecule has 1 aliphatic heterocycles. The van der Waals surface area contributed by atoms with Gasteiger partial charge in [0.2, 0.25) is 0 Å². The zero-order valence-electron chi connectivity index (χ0n) is 36.6. The van der Waals surface area contributed by atoms with Crippen molar-refractivity contribution in [1.82, 2.24) is 0 Å². The van der Waals surface area contributed by atoms with Crippen molar-refractivity contribution in [2.45, 2.75) is 127 Å².